The zero-order valence-corrected chi connectivity index (χ0v) is 12.0. The molecule has 1 aromatic rings. The minimum absolute atomic E-state index is 0.148. The molecule has 2 nitrogen and oxygen atoms in total. The van der Waals surface area contributed by atoms with Gasteiger partial charge in [-0.25, -0.2) is 8.42 Å². The summed E-state index contributed by atoms with van der Waals surface area (Å²) < 4.78 is 59.3. The van der Waals surface area contributed by atoms with Crippen LogP contribution >= 0.6 is 11.6 Å². The lowest BCUT2D eigenvalue weighted by Gasteiger charge is -2.13. The van der Waals surface area contributed by atoms with Crippen molar-refractivity contribution in [1.82, 2.24) is 0 Å². The Bertz CT molecular complexity index is 521. The van der Waals surface area contributed by atoms with E-state index in [2.05, 4.69) is 0 Å². The quantitative estimate of drug-likeness (QED) is 0.792. The molecule has 0 spiro atoms. The highest BCUT2D eigenvalue weighted by atomic mass is 35.5. The molecule has 0 aliphatic heterocycles. The summed E-state index contributed by atoms with van der Waals surface area (Å²) in [6.07, 6.45) is 0.478. The van der Waals surface area contributed by atoms with Gasteiger partial charge in [0.25, 0.3) is 9.84 Å². The third kappa shape index (κ3) is 3.86. The van der Waals surface area contributed by atoms with Crippen LogP contribution in [0.2, 0.25) is 0 Å². The first-order valence-corrected chi connectivity index (χ1v) is 7.52. The van der Waals surface area contributed by atoms with Crippen LogP contribution in [0.15, 0.2) is 29.2 Å². The molecule has 0 amide bonds. The minimum atomic E-state index is -5.28. The van der Waals surface area contributed by atoms with E-state index in [0.29, 0.717) is 12.0 Å². The van der Waals surface area contributed by atoms with E-state index in [-0.39, 0.29) is 11.3 Å². The number of benzene rings is 1. The zero-order valence-electron chi connectivity index (χ0n) is 10.4. The largest absolute Gasteiger partial charge is 0.501 e. The number of sulfone groups is 1. The molecule has 0 saturated heterocycles. The molecular weight excluding hydrogens is 301 g/mol. The molecule has 1 rings (SSSR count). The molecule has 108 valence electrons. The Morgan fingerprint density at radius 1 is 1.16 bits per heavy atom. The molecule has 0 fully saturated rings. The van der Waals surface area contributed by atoms with Gasteiger partial charge in [0, 0.05) is 5.38 Å². The lowest BCUT2D eigenvalue weighted by molar-refractivity contribution is -0.0436. The summed E-state index contributed by atoms with van der Waals surface area (Å²) in [6, 6.07) is 4.64. The van der Waals surface area contributed by atoms with Crippen LogP contribution in [0.4, 0.5) is 13.2 Å². The van der Waals surface area contributed by atoms with Crippen molar-refractivity contribution >= 4 is 21.4 Å². The Kier molecular flexibility index (Phi) is 4.90. The fraction of sp³-hybridized carbons (Fsp3) is 0.500. The molecule has 0 radical (unpaired) electrons. The van der Waals surface area contributed by atoms with E-state index in [4.69, 9.17) is 11.6 Å². The van der Waals surface area contributed by atoms with E-state index in [1.807, 2.05) is 13.8 Å². The fourth-order valence-corrected chi connectivity index (χ4v) is 2.34. The SMILES string of the molecule is CC(C)C(Cl)Cc1ccc(S(=O)(=O)C(F)(F)F)cc1. The third-order valence-corrected chi connectivity index (χ3v) is 4.85. The lowest BCUT2D eigenvalue weighted by Crippen LogP contribution is -2.23. The average molecular weight is 315 g/mol. The standard InChI is InChI=1S/C12H14ClF3O2S/c1-8(2)11(13)7-9-3-5-10(6-4-9)19(17,18)12(14,15)16/h3-6,8,11H,7H2,1-2H3. The van der Waals surface area contributed by atoms with Gasteiger partial charge in [-0.05, 0) is 30.0 Å². The van der Waals surface area contributed by atoms with Crippen LogP contribution in [0.5, 0.6) is 0 Å². The fourth-order valence-electron chi connectivity index (χ4n) is 1.40. The van der Waals surface area contributed by atoms with E-state index in [9.17, 15) is 21.6 Å². The summed E-state index contributed by atoms with van der Waals surface area (Å²) in [4.78, 5) is -0.751. The van der Waals surface area contributed by atoms with Crippen LogP contribution in [0.1, 0.15) is 19.4 Å². The van der Waals surface area contributed by atoms with Crippen LogP contribution < -0.4 is 0 Å². The van der Waals surface area contributed by atoms with E-state index < -0.39 is 20.2 Å². The van der Waals surface area contributed by atoms with E-state index in [1.165, 1.54) is 12.1 Å². The maximum absolute atomic E-state index is 12.3. The van der Waals surface area contributed by atoms with Crippen molar-refractivity contribution in [3.05, 3.63) is 29.8 Å². The van der Waals surface area contributed by atoms with Crippen LogP contribution in [0, 0.1) is 5.92 Å². The van der Waals surface area contributed by atoms with Gasteiger partial charge in [0.15, 0.2) is 0 Å². The maximum atomic E-state index is 12.3. The minimum Gasteiger partial charge on any atom is -0.214 e. The highest BCUT2D eigenvalue weighted by molar-refractivity contribution is 7.92. The average Bonchev–Trinajstić information content (AvgIpc) is 2.28. The molecule has 7 heteroatoms. The van der Waals surface area contributed by atoms with Crippen molar-refractivity contribution in [2.75, 3.05) is 0 Å². The summed E-state index contributed by atoms with van der Waals surface area (Å²) in [7, 11) is -5.27. The van der Waals surface area contributed by atoms with Gasteiger partial charge in [-0.3, -0.25) is 0 Å². The predicted octanol–water partition coefficient (Wildman–Crippen LogP) is 3.79. The molecule has 0 N–H and O–H groups in total. The van der Waals surface area contributed by atoms with Crippen molar-refractivity contribution in [3.63, 3.8) is 0 Å². The lowest BCUT2D eigenvalue weighted by atomic mass is 10.0. The van der Waals surface area contributed by atoms with Crippen LogP contribution in [-0.2, 0) is 16.3 Å². The Hall–Kier alpha value is -0.750. The van der Waals surface area contributed by atoms with E-state index in [0.717, 1.165) is 12.1 Å². The Morgan fingerprint density at radius 3 is 2.00 bits per heavy atom. The monoisotopic (exact) mass is 314 g/mol. The van der Waals surface area contributed by atoms with Gasteiger partial charge in [-0.2, -0.15) is 13.2 Å². The normalized spacial score (nSPS) is 14.7. The van der Waals surface area contributed by atoms with Gasteiger partial charge in [0.1, 0.15) is 0 Å². The van der Waals surface area contributed by atoms with Gasteiger partial charge in [-0.1, -0.05) is 26.0 Å². The summed E-state index contributed by atoms with van der Waals surface area (Å²) in [5, 5.41) is -0.148. The molecule has 0 aromatic heterocycles. The van der Waals surface area contributed by atoms with Crippen molar-refractivity contribution in [3.8, 4) is 0 Å². The van der Waals surface area contributed by atoms with Gasteiger partial charge in [0.05, 0.1) is 4.90 Å². The summed E-state index contributed by atoms with van der Waals surface area (Å²) in [6.45, 7) is 3.86. The van der Waals surface area contributed by atoms with E-state index >= 15 is 0 Å². The number of rotatable bonds is 4. The smallest absolute Gasteiger partial charge is 0.214 e. The second kappa shape index (κ2) is 5.71. The highest BCUT2D eigenvalue weighted by Gasteiger charge is 2.46. The van der Waals surface area contributed by atoms with Crippen LogP contribution in [-0.4, -0.2) is 19.3 Å². The van der Waals surface area contributed by atoms with Crippen molar-refractivity contribution in [2.45, 2.75) is 36.0 Å². The molecule has 0 saturated carbocycles. The van der Waals surface area contributed by atoms with Gasteiger partial charge < -0.3 is 0 Å². The predicted molar refractivity (Wildman–Crippen MR) is 67.9 cm³/mol. The number of alkyl halides is 4. The molecule has 0 aliphatic rings. The molecule has 0 aliphatic carbocycles. The number of hydrogen-bond donors (Lipinski definition) is 0. The first-order valence-electron chi connectivity index (χ1n) is 5.60. The molecule has 1 aromatic carbocycles. The first-order chi connectivity index (χ1) is 8.55. The summed E-state index contributed by atoms with van der Waals surface area (Å²) in [5.74, 6) is 0.222. The van der Waals surface area contributed by atoms with Crippen molar-refractivity contribution in [2.24, 2.45) is 5.92 Å². The van der Waals surface area contributed by atoms with Crippen molar-refractivity contribution in [1.29, 1.82) is 0 Å². The Morgan fingerprint density at radius 2 is 1.63 bits per heavy atom. The maximum Gasteiger partial charge on any atom is 0.501 e. The Labute approximate surface area is 115 Å². The molecular formula is C12H14ClF3O2S. The Balaban J connectivity index is 2.95. The van der Waals surface area contributed by atoms with Crippen LogP contribution in [0.25, 0.3) is 0 Å². The van der Waals surface area contributed by atoms with Crippen molar-refractivity contribution < 1.29 is 21.6 Å². The third-order valence-electron chi connectivity index (χ3n) is 2.69. The second-order valence-corrected chi connectivity index (χ2v) is 7.06. The van der Waals surface area contributed by atoms with Crippen LogP contribution in [0.3, 0.4) is 0 Å². The zero-order chi connectivity index (χ0) is 14.8. The topological polar surface area (TPSA) is 34.1 Å². The van der Waals surface area contributed by atoms with E-state index in [1.54, 1.807) is 0 Å². The first kappa shape index (κ1) is 16.3. The summed E-state index contributed by atoms with van der Waals surface area (Å²) >= 11 is 6.05. The molecule has 19 heavy (non-hydrogen) atoms. The molecule has 1 unspecified atom stereocenters. The van der Waals surface area contributed by atoms with Gasteiger partial charge in [-0.15, -0.1) is 11.6 Å². The molecule has 0 bridgehead atoms. The molecule has 0 heterocycles. The number of hydrogen-bond acceptors (Lipinski definition) is 2. The second-order valence-electron chi connectivity index (χ2n) is 4.56. The van der Waals surface area contributed by atoms with Gasteiger partial charge in [0.2, 0.25) is 0 Å². The highest BCUT2D eigenvalue weighted by Crippen LogP contribution is 2.30. The summed E-state index contributed by atoms with van der Waals surface area (Å²) in [5.41, 5.74) is -4.57. The van der Waals surface area contributed by atoms with Gasteiger partial charge >= 0.3 is 5.51 Å². The molecule has 1 atom stereocenters. The number of halogens is 4.